The van der Waals surface area contributed by atoms with Crippen LogP contribution < -0.4 is 5.06 Å². The predicted octanol–water partition coefficient (Wildman–Crippen LogP) is 3.39. The van der Waals surface area contributed by atoms with Gasteiger partial charge in [0.15, 0.2) is 6.10 Å². The molecule has 25 heavy (non-hydrogen) atoms. The maximum atomic E-state index is 13.0. The van der Waals surface area contributed by atoms with Crippen LogP contribution in [0, 0.1) is 5.92 Å². The number of imide groups is 1. The average Bonchev–Trinajstić information content (AvgIpc) is 3.33. The smallest absolute Gasteiger partial charge is 0.261 e. The number of carbonyl (C=O) groups excluding carboxylic acids is 2. The number of anilines is 1. The molecule has 2 aliphatic heterocycles. The minimum atomic E-state index is -0.725. The highest BCUT2D eigenvalue weighted by Gasteiger charge is 2.59. The Morgan fingerprint density at radius 1 is 1.08 bits per heavy atom. The molecular formula is C19H20N2O3S. The third-order valence-corrected chi connectivity index (χ3v) is 5.73. The maximum absolute atomic E-state index is 13.0. The van der Waals surface area contributed by atoms with Gasteiger partial charge in [-0.3, -0.25) is 19.3 Å². The topological polar surface area (TPSA) is 49.9 Å². The molecular weight excluding hydrogens is 336 g/mol. The molecule has 0 unspecified atom stereocenters. The van der Waals surface area contributed by atoms with Gasteiger partial charge in [0.1, 0.15) is 12.0 Å². The summed E-state index contributed by atoms with van der Waals surface area (Å²) in [5.41, 5.74) is 0.857. The number of hydrogen-bond acceptors (Lipinski definition) is 5. The van der Waals surface area contributed by atoms with Gasteiger partial charge in [0.05, 0.1) is 5.69 Å². The Hall–Kier alpha value is -2.18. The lowest BCUT2D eigenvalue weighted by Crippen LogP contribution is -2.37. The highest BCUT2D eigenvalue weighted by atomic mass is 32.1. The molecule has 2 fully saturated rings. The van der Waals surface area contributed by atoms with Crippen molar-refractivity contribution in [3.05, 3.63) is 52.7 Å². The standard InChI is InChI=1S/C19H20N2O3S/c1-2-3-11-20-18(22)15-16(14-10-7-12-25-14)21(24-17(15)19(20)23)13-8-5-4-6-9-13/h4-10,12,15-17H,2-3,11H2,1H3/t15-,16-,17-/m0/s1. The Balaban J connectivity index is 1.71. The van der Waals surface area contributed by atoms with E-state index in [9.17, 15) is 9.59 Å². The number of fused-ring (bicyclic) bond motifs is 1. The highest BCUT2D eigenvalue weighted by Crippen LogP contribution is 2.47. The zero-order valence-corrected chi connectivity index (χ0v) is 14.8. The monoisotopic (exact) mass is 356 g/mol. The van der Waals surface area contributed by atoms with Crippen molar-refractivity contribution in [3.63, 3.8) is 0 Å². The van der Waals surface area contributed by atoms with Gasteiger partial charge in [0, 0.05) is 11.4 Å². The summed E-state index contributed by atoms with van der Waals surface area (Å²) < 4.78 is 0. The molecule has 0 radical (unpaired) electrons. The predicted molar refractivity (Wildman–Crippen MR) is 96.0 cm³/mol. The maximum Gasteiger partial charge on any atom is 0.261 e. The van der Waals surface area contributed by atoms with Crippen molar-refractivity contribution in [2.75, 3.05) is 11.6 Å². The molecule has 4 rings (SSSR count). The molecule has 1 aromatic carbocycles. The first-order valence-corrected chi connectivity index (χ1v) is 9.50. The average molecular weight is 356 g/mol. The minimum absolute atomic E-state index is 0.111. The van der Waals surface area contributed by atoms with Crippen LogP contribution >= 0.6 is 11.3 Å². The SMILES string of the molecule is CCCCN1C(=O)[C@@H]2[C@H](ON(c3ccccc3)[C@H]2c2cccs2)C1=O. The molecule has 130 valence electrons. The number of thiophene rings is 1. The van der Waals surface area contributed by atoms with E-state index >= 15 is 0 Å². The van der Waals surface area contributed by atoms with E-state index in [4.69, 9.17) is 4.84 Å². The zero-order chi connectivity index (χ0) is 17.4. The Morgan fingerprint density at radius 2 is 1.88 bits per heavy atom. The molecule has 2 saturated heterocycles. The summed E-state index contributed by atoms with van der Waals surface area (Å²) in [6.07, 6.45) is 1.04. The van der Waals surface area contributed by atoms with Crippen molar-refractivity contribution in [2.45, 2.75) is 31.9 Å². The van der Waals surface area contributed by atoms with Crippen LogP contribution in [0.4, 0.5) is 5.69 Å². The van der Waals surface area contributed by atoms with Crippen LogP contribution in [0.1, 0.15) is 30.7 Å². The Labute approximate surface area is 150 Å². The van der Waals surface area contributed by atoms with Crippen LogP contribution in [0.2, 0.25) is 0 Å². The second kappa shape index (κ2) is 6.61. The van der Waals surface area contributed by atoms with E-state index in [-0.39, 0.29) is 17.9 Å². The fourth-order valence-corrected chi connectivity index (χ4v) is 4.41. The van der Waals surface area contributed by atoms with Gasteiger partial charge >= 0.3 is 0 Å². The molecule has 3 atom stereocenters. The van der Waals surface area contributed by atoms with Gasteiger partial charge in [-0.1, -0.05) is 37.6 Å². The largest absolute Gasteiger partial charge is 0.280 e. The fourth-order valence-electron chi connectivity index (χ4n) is 3.56. The van der Waals surface area contributed by atoms with Crippen molar-refractivity contribution in [1.29, 1.82) is 0 Å². The number of amides is 2. The van der Waals surface area contributed by atoms with E-state index < -0.39 is 12.0 Å². The van der Waals surface area contributed by atoms with Gasteiger partial charge < -0.3 is 0 Å². The molecule has 6 heteroatoms. The zero-order valence-electron chi connectivity index (χ0n) is 14.0. The highest BCUT2D eigenvalue weighted by molar-refractivity contribution is 7.10. The molecule has 5 nitrogen and oxygen atoms in total. The summed E-state index contributed by atoms with van der Waals surface area (Å²) in [6, 6.07) is 13.4. The van der Waals surface area contributed by atoms with Crippen molar-refractivity contribution < 1.29 is 14.4 Å². The van der Waals surface area contributed by atoms with Crippen molar-refractivity contribution >= 4 is 28.8 Å². The van der Waals surface area contributed by atoms with Crippen LogP contribution in [0.3, 0.4) is 0 Å². The number of para-hydroxylation sites is 1. The van der Waals surface area contributed by atoms with E-state index in [1.165, 1.54) is 4.90 Å². The number of hydroxylamine groups is 1. The number of hydrogen-bond donors (Lipinski definition) is 0. The molecule has 0 saturated carbocycles. The molecule has 0 bridgehead atoms. The first kappa shape index (κ1) is 16.3. The Bertz CT molecular complexity index is 762. The van der Waals surface area contributed by atoms with Crippen LogP contribution in [0.5, 0.6) is 0 Å². The Kier molecular flexibility index (Phi) is 4.31. The summed E-state index contributed by atoms with van der Waals surface area (Å²) in [5.74, 6) is -0.799. The summed E-state index contributed by atoms with van der Waals surface area (Å²) in [4.78, 5) is 34.2. The molecule has 1 aromatic heterocycles. The van der Waals surface area contributed by atoms with E-state index in [0.717, 1.165) is 23.4 Å². The van der Waals surface area contributed by atoms with Crippen LogP contribution in [0.15, 0.2) is 47.8 Å². The number of nitrogens with zero attached hydrogens (tertiary/aromatic N) is 2. The third kappa shape index (κ3) is 2.65. The number of unbranched alkanes of at least 4 members (excludes halogenated alkanes) is 1. The van der Waals surface area contributed by atoms with E-state index in [2.05, 4.69) is 0 Å². The van der Waals surface area contributed by atoms with Gasteiger partial charge in [-0.15, -0.1) is 11.3 Å². The van der Waals surface area contributed by atoms with Gasteiger partial charge in [-0.2, -0.15) is 0 Å². The number of carbonyl (C=O) groups is 2. The van der Waals surface area contributed by atoms with Gasteiger partial charge in [-0.25, -0.2) is 5.06 Å². The normalized spacial score (nSPS) is 25.7. The second-order valence-electron chi connectivity index (χ2n) is 6.36. The van der Waals surface area contributed by atoms with E-state index in [0.29, 0.717) is 6.54 Å². The summed E-state index contributed by atoms with van der Waals surface area (Å²) in [7, 11) is 0. The molecule has 2 amide bonds. The lowest BCUT2D eigenvalue weighted by molar-refractivity contribution is -0.143. The molecule has 0 aliphatic carbocycles. The number of rotatable bonds is 5. The van der Waals surface area contributed by atoms with E-state index in [1.54, 1.807) is 16.4 Å². The summed E-state index contributed by atoms with van der Waals surface area (Å²) in [5, 5.41) is 3.73. The molecule has 3 heterocycles. The van der Waals surface area contributed by atoms with Crippen molar-refractivity contribution in [2.24, 2.45) is 5.92 Å². The fraction of sp³-hybridized carbons (Fsp3) is 0.368. The van der Waals surface area contributed by atoms with Crippen molar-refractivity contribution in [3.8, 4) is 0 Å². The number of benzene rings is 1. The van der Waals surface area contributed by atoms with Gasteiger partial charge in [-0.05, 0) is 30.0 Å². The first-order chi connectivity index (χ1) is 12.2. The van der Waals surface area contributed by atoms with Gasteiger partial charge in [0.2, 0.25) is 5.91 Å². The minimum Gasteiger partial charge on any atom is -0.280 e. The quantitative estimate of drug-likeness (QED) is 0.771. The van der Waals surface area contributed by atoms with Crippen LogP contribution in [-0.4, -0.2) is 29.4 Å². The Morgan fingerprint density at radius 3 is 2.56 bits per heavy atom. The summed E-state index contributed by atoms with van der Waals surface area (Å²) >= 11 is 1.59. The van der Waals surface area contributed by atoms with E-state index in [1.807, 2.05) is 54.8 Å². The second-order valence-corrected chi connectivity index (χ2v) is 7.33. The molecule has 2 aromatic rings. The third-order valence-electron chi connectivity index (χ3n) is 4.79. The first-order valence-electron chi connectivity index (χ1n) is 8.62. The lowest BCUT2D eigenvalue weighted by atomic mass is 9.95. The van der Waals surface area contributed by atoms with Crippen LogP contribution in [0.25, 0.3) is 0 Å². The molecule has 0 N–H and O–H groups in total. The summed E-state index contributed by atoms with van der Waals surface area (Å²) in [6.45, 7) is 2.53. The van der Waals surface area contributed by atoms with Gasteiger partial charge in [0.25, 0.3) is 5.91 Å². The molecule has 2 aliphatic rings. The lowest BCUT2D eigenvalue weighted by Gasteiger charge is -2.27. The number of likely N-dealkylation sites (tertiary alicyclic amines) is 1. The molecule has 0 spiro atoms. The van der Waals surface area contributed by atoms with Crippen molar-refractivity contribution in [1.82, 2.24) is 4.90 Å². The van der Waals surface area contributed by atoms with Crippen LogP contribution in [-0.2, 0) is 14.4 Å².